The lowest BCUT2D eigenvalue weighted by Crippen LogP contribution is -2.26. The summed E-state index contributed by atoms with van der Waals surface area (Å²) in [6.07, 6.45) is -0.781. The molecule has 0 radical (unpaired) electrons. The highest BCUT2D eigenvalue weighted by molar-refractivity contribution is 5.29. The van der Waals surface area contributed by atoms with Gasteiger partial charge in [-0.15, -0.1) is 0 Å². The summed E-state index contributed by atoms with van der Waals surface area (Å²) in [7, 11) is 0. The first-order chi connectivity index (χ1) is 7.04. The van der Waals surface area contributed by atoms with Crippen molar-refractivity contribution < 1.29 is 9.84 Å². The lowest BCUT2D eigenvalue weighted by Gasteiger charge is -2.18. The maximum Gasteiger partial charge on any atom is 0.142 e. The summed E-state index contributed by atoms with van der Waals surface area (Å²) in [4.78, 5) is 4.27. The van der Waals surface area contributed by atoms with Crippen molar-refractivity contribution in [3.05, 3.63) is 23.5 Å². The van der Waals surface area contributed by atoms with Crippen LogP contribution in [-0.4, -0.2) is 22.3 Å². The molecule has 0 fully saturated rings. The van der Waals surface area contributed by atoms with Crippen molar-refractivity contribution in [3.63, 3.8) is 0 Å². The Morgan fingerprint density at radius 1 is 1.47 bits per heavy atom. The maximum atomic E-state index is 9.32. The van der Waals surface area contributed by atoms with Crippen molar-refractivity contribution in [3.8, 4) is 5.75 Å². The quantitative estimate of drug-likeness (QED) is 0.777. The molecule has 0 saturated heterocycles. The molecular formula is C11H18N2O2. The fourth-order valence-electron chi connectivity index (χ4n) is 1.15. The van der Waals surface area contributed by atoms with Gasteiger partial charge in [-0.3, -0.25) is 4.98 Å². The van der Waals surface area contributed by atoms with Crippen LogP contribution in [0.3, 0.4) is 0 Å². The third-order valence-electron chi connectivity index (χ3n) is 2.26. The van der Waals surface area contributed by atoms with Gasteiger partial charge in [-0.25, -0.2) is 0 Å². The summed E-state index contributed by atoms with van der Waals surface area (Å²) in [6, 6.07) is 3.70. The Morgan fingerprint density at radius 3 is 2.67 bits per heavy atom. The molecule has 15 heavy (non-hydrogen) atoms. The van der Waals surface area contributed by atoms with Crippen LogP contribution < -0.4 is 10.5 Å². The minimum absolute atomic E-state index is 0.264. The molecule has 0 aliphatic carbocycles. The predicted octanol–water partition coefficient (Wildman–Crippen LogP) is 0.997. The van der Waals surface area contributed by atoms with Crippen molar-refractivity contribution in [2.24, 2.45) is 5.73 Å². The molecule has 0 aromatic carbocycles. The fraction of sp³-hybridized carbons (Fsp3) is 0.545. The molecule has 0 spiro atoms. The van der Waals surface area contributed by atoms with Gasteiger partial charge < -0.3 is 15.6 Å². The predicted molar refractivity (Wildman–Crippen MR) is 58.6 cm³/mol. The van der Waals surface area contributed by atoms with Gasteiger partial charge in [0.1, 0.15) is 11.9 Å². The molecular weight excluding hydrogens is 192 g/mol. The topological polar surface area (TPSA) is 68.4 Å². The van der Waals surface area contributed by atoms with E-state index >= 15 is 0 Å². The monoisotopic (exact) mass is 210 g/mol. The van der Waals surface area contributed by atoms with Crippen LogP contribution in [0.2, 0.25) is 0 Å². The SMILES string of the molecule is Cc1ccc(OC(C)C(C)O)c(CN)n1. The number of aryl methyl sites for hydroxylation is 1. The van der Waals surface area contributed by atoms with E-state index in [0.717, 1.165) is 11.4 Å². The normalized spacial score (nSPS) is 14.7. The summed E-state index contributed by atoms with van der Waals surface area (Å²) < 4.78 is 5.56. The Balaban J connectivity index is 2.84. The first-order valence-corrected chi connectivity index (χ1v) is 5.06. The van der Waals surface area contributed by atoms with Crippen LogP contribution in [0, 0.1) is 6.92 Å². The van der Waals surface area contributed by atoms with E-state index in [0.29, 0.717) is 12.3 Å². The molecule has 0 aliphatic heterocycles. The molecule has 84 valence electrons. The number of aromatic nitrogens is 1. The van der Waals surface area contributed by atoms with E-state index < -0.39 is 6.10 Å². The van der Waals surface area contributed by atoms with Crippen LogP contribution in [0.5, 0.6) is 5.75 Å². The smallest absolute Gasteiger partial charge is 0.142 e. The summed E-state index contributed by atoms with van der Waals surface area (Å²) in [5.74, 6) is 0.650. The zero-order chi connectivity index (χ0) is 11.4. The van der Waals surface area contributed by atoms with Gasteiger partial charge >= 0.3 is 0 Å². The molecule has 0 aliphatic rings. The lowest BCUT2D eigenvalue weighted by atomic mass is 10.2. The van der Waals surface area contributed by atoms with Crippen LogP contribution in [-0.2, 0) is 6.54 Å². The Bertz CT molecular complexity index is 326. The van der Waals surface area contributed by atoms with Crippen molar-refractivity contribution in [1.82, 2.24) is 4.98 Å². The number of nitrogens with zero attached hydrogens (tertiary/aromatic N) is 1. The second-order valence-electron chi connectivity index (χ2n) is 3.67. The average Bonchev–Trinajstić information content (AvgIpc) is 2.20. The van der Waals surface area contributed by atoms with Crippen LogP contribution in [0.15, 0.2) is 12.1 Å². The summed E-state index contributed by atoms with van der Waals surface area (Å²) in [5.41, 5.74) is 7.20. The van der Waals surface area contributed by atoms with E-state index in [1.54, 1.807) is 6.92 Å². The third-order valence-corrected chi connectivity index (χ3v) is 2.26. The van der Waals surface area contributed by atoms with Gasteiger partial charge in [-0.1, -0.05) is 0 Å². The molecule has 3 N–H and O–H groups in total. The highest BCUT2D eigenvalue weighted by atomic mass is 16.5. The van der Waals surface area contributed by atoms with Gasteiger partial charge in [0.15, 0.2) is 0 Å². The number of pyridine rings is 1. The van der Waals surface area contributed by atoms with Crippen molar-refractivity contribution in [2.45, 2.75) is 39.5 Å². The third kappa shape index (κ3) is 3.18. The van der Waals surface area contributed by atoms with Crippen LogP contribution >= 0.6 is 0 Å². The Morgan fingerprint density at radius 2 is 2.13 bits per heavy atom. The molecule has 4 nitrogen and oxygen atoms in total. The summed E-state index contributed by atoms with van der Waals surface area (Å²) >= 11 is 0. The molecule has 0 bridgehead atoms. The van der Waals surface area contributed by atoms with E-state index in [4.69, 9.17) is 10.5 Å². The number of rotatable bonds is 4. The maximum absolute atomic E-state index is 9.32. The number of hydrogen-bond acceptors (Lipinski definition) is 4. The Hall–Kier alpha value is -1.13. The Kier molecular flexibility index (Phi) is 4.05. The number of aliphatic hydroxyl groups is 1. The molecule has 4 heteroatoms. The number of hydrogen-bond donors (Lipinski definition) is 2. The average molecular weight is 210 g/mol. The Labute approximate surface area is 90.1 Å². The minimum atomic E-state index is -0.517. The van der Waals surface area contributed by atoms with Gasteiger partial charge in [0.25, 0.3) is 0 Å². The number of ether oxygens (including phenoxy) is 1. The second kappa shape index (κ2) is 5.09. The molecule has 1 aromatic rings. The van der Waals surface area contributed by atoms with Crippen molar-refractivity contribution >= 4 is 0 Å². The van der Waals surface area contributed by atoms with Crippen LogP contribution in [0.25, 0.3) is 0 Å². The van der Waals surface area contributed by atoms with Gasteiger partial charge in [0, 0.05) is 12.2 Å². The minimum Gasteiger partial charge on any atom is -0.486 e. The highest BCUT2D eigenvalue weighted by Crippen LogP contribution is 2.18. The van der Waals surface area contributed by atoms with Gasteiger partial charge in [0.05, 0.1) is 11.8 Å². The van der Waals surface area contributed by atoms with Gasteiger partial charge in [0.2, 0.25) is 0 Å². The molecule has 1 heterocycles. The first kappa shape index (κ1) is 11.9. The van der Waals surface area contributed by atoms with E-state index in [1.165, 1.54) is 0 Å². The molecule has 1 rings (SSSR count). The molecule has 2 unspecified atom stereocenters. The van der Waals surface area contributed by atoms with E-state index in [-0.39, 0.29) is 6.10 Å². The van der Waals surface area contributed by atoms with E-state index in [2.05, 4.69) is 4.98 Å². The zero-order valence-electron chi connectivity index (χ0n) is 9.40. The zero-order valence-corrected chi connectivity index (χ0v) is 9.40. The summed E-state index contributed by atoms with van der Waals surface area (Å²) in [6.45, 7) is 5.74. The molecule has 2 atom stereocenters. The van der Waals surface area contributed by atoms with Crippen LogP contribution in [0.4, 0.5) is 0 Å². The van der Waals surface area contributed by atoms with Crippen LogP contribution in [0.1, 0.15) is 25.2 Å². The first-order valence-electron chi connectivity index (χ1n) is 5.06. The molecule has 0 saturated carbocycles. The standard InChI is InChI=1S/C11H18N2O2/c1-7-4-5-11(10(6-12)13-7)15-9(3)8(2)14/h4-5,8-9,14H,6,12H2,1-3H3. The number of aliphatic hydroxyl groups excluding tert-OH is 1. The fourth-order valence-corrected chi connectivity index (χ4v) is 1.15. The van der Waals surface area contributed by atoms with Crippen molar-refractivity contribution in [1.29, 1.82) is 0 Å². The summed E-state index contributed by atoms with van der Waals surface area (Å²) in [5, 5.41) is 9.32. The molecule has 0 amide bonds. The van der Waals surface area contributed by atoms with Gasteiger partial charge in [-0.05, 0) is 32.9 Å². The largest absolute Gasteiger partial charge is 0.486 e. The lowest BCUT2D eigenvalue weighted by molar-refractivity contribution is 0.0595. The van der Waals surface area contributed by atoms with E-state index in [9.17, 15) is 5.11 Å². The second-order valence-corrected chi connectivity index (χ2v) is 3.67. The van der Waals surface area contributed by atoms with Crippen molar-refractivity contribution in [2.75, 3.05) is 0 Å². The van der Waals surface area contributed by atoms with E-state index in [1.807, 2.05) is 26.0 Å². The number of nitrogens with two attached hydrogens (primary N) is 1. The highest BCUT2D eigenvalue weighted by Gasteiger charge is 2.13. The molecule has 1 aromatic heterocycles. The van der Waals surface area contributed by atoms with Gasteiger partial charge in [-0.2, -0.15) is 0 Å².